The first-order valence-electron chi connectivity index (χ1n) is 5.62. The SMILES string of the molecule is CC1CN(CCn2ccnc2)CCC1O. The minimum Gasteiger partial charge on any atom is -0.393 e. The maximum Gasteiger partial charge on any atom is 0.0946 e. The Hall–Kier alpha value is -0.870. The van der Waals surface area contributed by atoms with Crippen LogP contribution >= 0.6 is 0 Å². The van der Waals surface area contributed by atoms with Crippen molar-refractivity contribution in [3.8, 4) is 0 Å². The van der Waals surface area contributed by atoms with Gasteiger partial charge in [-0.2, -0.15) is 0 Å². The lowest BCUT2D eigenvalue weighted by atomic mass is 9.97. The van der Waals surface area contributed by atoms with Crippen molar-refractivity contribution in [3.63, 3.8) is 0 Å². The normalized spacial score (nSPS) is 28.1. The van der Waals surface area contributed by atoms with E-state index in [4.69, 9.17) is 0 Å². The molecule has 2 rings (SSSR count). The highest BCUT2D eigenvalue weighted by molar-refractivity contribution is 4.79. The molecule has 1 aliphatic heterocycles. The van der Waals surface area contributed by atoms with Crippen molar-refractivity contribution in [3.05, 3.63) is 18.7 Å². The Morgan fingerprint density at radius 1 is 1.47 bits per heavy atom. The van der Waals surface area contributed by atoms with Gasteiger partial charge in [0.15, 0.2) is 0 Å². The second-order valence-electron chi connectivity index (χ2n) is 4.43. The van der Waals surface area contributed by atoms with Crippen molar-refractivity contribution >= 4 is 0 Å². The van der Waals surface area contributed by atoms with E-state index in [0.717, 1.165) is 32.6 Å². The van der Waals surface area contributed by atoms with E-state index in [2.05, 4.69) is 21.4 Å². The van der Waals surface area contributed by atoms with Gasteiger partial charge in [-0.05, 0) is 12.3 Å². The van der Waals surface area contributed by atoms with E-state index in [1.165, 1.54) is 0 Å². The molecule has 15 heavy (non-hydrogen) atoms. The van der Waals surface area contributed by atoms with Gasteiger partial charge in [0.2, 0.25) is 0 Å². The van der Waals surface area contributed by atoms with Gasteiger partial charge in [0.1, 0.15) is 0 Å². The number of hydrogen-bond acceptors (Lipinski definition) is 3. The van der Waals surface area contributed by atoms with Crippen molar-refractivity contribution in [1.29, 1.82) is 0 Å². The molecule has 0 spiro atoms. The average Bonchev–Trinajstić information content (AvgIpc) is 2.73. The molecule has 1 aromatic heterocycles. The van der Waals surface area contributed by atoms with Gasteiger partial charge in [-0.25, -0.2) is 4.98 Å². The molecule has 1 saturated heterocycles. The lowest BCUT2D eigenvalue weighted by Crippen LogP contribution is -2.43. The van der Waals surface area contributed by atoms with Crippen LogP contribution in [0.5, 0.6) is 0 Å². The van der Waals surface area contributed by atoms with Crippen LogP contribution in [0, 0.1) is 5.92 Å². The third-order valence-corrected chi connectivity index (χ3v) is 3.18. The van der Waals surface area contributed by atoms with E-state index in [0.29, 0.717) is 5.92 Å². The Balaban J connectivity index is 1.76. The van der Waals surface area contributed by atoms with Crippen molar-refractivity contribution < 1.29 is 5.11 Å². The quantitative estimate of drug-likeness (QED) is 0.792. The fourth-order valence-corrected chi connectivity index (χ4v) is 2.10. The fraction of sp³-hybridized carbons (Fsp3) is 0.727. The van der Waals surface area contributed by atoms with Crippen molar-refractivity contribution in [1.82, 2.24) is 14.5 Å². The molecule has 4 nitrogen and oxygen atoms in total. The Labute approximate surface area is 90.5 Å². The van der Waals surface area contributed by atoms with Gasteiger partial charge in [-0.1, -0.05) is 6.92 Å². The lowest BCUT2D eigenvalue weighted by molar-refractivity contribution is 0.0339. The largest absolute Gasteiger partial charge is 0.393 e. The van der Waals surface area contributed by atoms with Gasteiger partial charge in [0.05, 0.1) is 12.4 Å². The zero-order valence-electron chi connectivity index (χ0n) is 9.21. The first-order chi connectivity index (χ1) is 7.25. The molecule has 0 saturated carbocycles. The summed E-state index contributed by atoms with van der Waals surface area (Å²) in [6.07, 6.45) is 6.45. The number of piperidine rings is 1. The fourth-order valence-electron chi connectivity index (χ4n) is 2.10. The minimum absolute atomic E-state index is 0.102. The Morgan fingerprint density at radius 3 is 3.00 bits per heavy atom. The molecule has 0 aromatic carbocycles. The second kappa shape index (κ2) is 4.77. The van der Waals surface area contributed by atoms with Crippen LogP contribution in [0.15, 0.2) is 18.7 Å². The molecule has 1 aliphatic rings. The van der Waals surface area contributed by atoms with E-state index in [1.54, 1.807) is 0 Å². The minimum atomic E-state index is -0.102. The number of rotatable bonds is 3. The van der Waals surface area contributed by atoms with Crippen molar-refractivity contribution in [2.24, 2.45) is 5.92 Å². The molecule has 0 aliphatic carbocycles. The van der Waals surface area contributed by atoms with E-state index in [1.807, 2.05) is 18.7 Å². The zero-order chi connectivity index (χ0) is 10.7. The van der Waals surface area contributed by atoms with Gasteiger partial charge in [-0.3, -0.25) is 0 Å². The molecule has 0 radical (unpaired) electrons. The summed E-state index contributed by atoms with van der Waals surface area (Å²) in [6, 6.07) is 0. The summed E-state index contributed by atoms with van der Waals surface area (Å²) >= 11 is 0. The maximum atomic E-state index is 9.61. The smallest absolute Gasteiger partial charge is 0.0946 e. The van der Waals surface area contributed by atoms with Gasteiger partial charge >= 0.3 is 0 Å². The summed E-state index contributed by atoms with van der Waals surface area (Å²) in [4.78, 5) is 6.43. The number of aromatic nitrogens is 2. The van der Waals surface area contributed by atoms with Crippen LogP contribution in [-0.2, 0) is 6.54 Å². The predicted octanol–water partition coefficient (Wildman–Crippen LogP) is 0.586. The summed E-state index contributed by atoms with van der Waals surface area (Å²) in [5.74, 6) is 0.404. The summed E-state index contributed by atoms with van der Waals surface area (Å²) in [7, 11) is 0. The summed E-state index contributed by atoms with van der Waals surface area (Å²) in [6.45, 7) is 6.18. The first kappa shape index (κ1) is 10.6. The highest BCUT2D eigenvalue weighted by atomic mass is 16.3. The van der Waals surface area contributed by atoms with Crippen LogP contribution in [0.3, 0.4) is 0 Å². The number of nitrogens with zero attached hydrogens (tertiary/aromatic N) is 3. The molecule has 0 amide bonds. The van der Waals surface area contributed by atoms with Crippen molar-refractivity contribution in [2.75, 3.05) is 19.6 Å². The van der Waals surface area contributed by atoms with E-state index in [9.17, 15) is 5.11 Å². The predicted molar refractivity (Wildman–Crippen MR) is 58.5 cm³/mol. The average molecular weight is 209 g/mol. The number of imidazole rings is 1. The molecule has 2 unspecified atom stereocenters. The summed E-state index contributed by atoms with van der Waals surface area (Å²) in [5.41, 5.74) is 0. The van der Waals surface area contributed by atoms with Crippen LogP contribution < -0.4 is 0 Å². The van der Waals surface area contributed by atoms with Crippen LogP contribution in [0.4, 0.5) is 0 Å². The van der Waals surface area contributed by atoms with Gasteiger partial charge in [0.25, 0.3) is 0 Å². The molecular formula is C11H19N3O. The molecule has 1 aromatic rings. The third-order valence-electron chi connectivity index (χ3n) is 3.18. The van der Waals surface area contributed by atoms with Crippen LogP contribution in [0.25, 0.3) is 0 Å². The monoisotopic (exact) mass is 209 g/mol. The number of aliphatic hydroxyl groups is 1. The molecule has 2 atom stereocenters. The van der Waals surface area contributed by atoms with Gasteiger partial charge in [0, 0.05) is 38.6 Å². The molecule has 1 fully saturated rings. The van der Waals surface area contributed by atoms with Crippen LogP contribution in [-0.4, -0.2) is 45.3 Å². The highest BCUT2D eigenvalue weighted by Gasteiger charge is 2.23. The Kier molecular flexibility index (Phi) is 3.38. The van der Waals surface area contributed by atoms with E-state index in [-0.39, 0.29) is 6.10 Å². The molecule has 2 heterocycles. The Morgan fingerprint density at radius 2 is 2.33 bits per heavy atom. The summed E-state index contributed by atoms with van der Waals surface area (Å²) < 4.78 is 2.09. The first-order valence-corrected chi connectivity index (χ1v) is 5.62. The topological polar surface area (TPSA) is 41.3 Å². The number of hydrogen-bond donors (Lipinski definition) is 1. The number of aliphatic hydroxyl groups excluding tert-OH is 1. The number of likely N-dealkylation sites (tertiary alicyclic amines) is 1. The van der Waals surface area contributed by atoms with Gasteiger partial charge < -0.3 is 14.6 Å². The summed E-state index contributed by atoms with van der Waals surface area (Å²) in [5, 5.41) is 9.61. The molecule has 84 valence electrons. The second-order valence-corrected chi connectivity index (χ2v) is 4.43. The third kappa shape index (κ3) is 2.79. The lowest BCUT2D eigenvalue weighted by Gasteiger charge is -2.34. The molecule has 4 heteroatoms. The van der Waals surface area contributed by atoms with Crippen molar-refractivity contribution in [2.45, 2.75) is 26.0 Å². The van der Waals surface area contributed by atoms with E-state index < -0.39 is 0 Å². The van der Waals surface area contributed by atoms with Crippen LogP contribution in [0.2, 0.25) is 0 Å². The van der Waals surface area contributed by atoms with Crippen LogP contribution in [0.1, 0.15) is 13.3 Å². The van der Waals surface area contributed by atoms with Gasteiger partial charge in [-0.15, -0.1) is 0 Å². The molecular weight excluding hydrogens is 190 g/mol. The Bertz CT molecular complexity index is 286. The molecule has 0 bridgehead atoms. The molecule has 1 N–H and O–H groups in total. The maximum absolute atomic E-state index is 9.61. The highest BCUT2D eigenvalue weighted by Crippen LogP contribution is 2.16. The van der Waals surface area contributed by atoms with E-state index >= 15 is 0 Å². The zero-order valence-corrected chi connectivity index (χ0v) is 9.21. The standard InChI is InChI=1S/C11H19N3O/c1-10-8-13(4-2-11(10)15)6-7-14-5-3-12-9-14/h3,5,9-11,15H,2,4,6-8H2,1H3.